The molecule has 2 rings (SSSR count). The number of rotatable bonds is 4. The van der Waals surface area contributed by atoms with Crippen LogP contribution in [0.5, 0.6) is 11.6 Å². The highest BCUT2D eigenvalue weighted by atomic mass is 35.5. The molecular weight excluding hydrogens is 383 g/mol. The number of alkyl halides is 3. The van der Waals surface area contributed by atoms with Crippen molar-refractivity contribution in [3.8, 4) is 29.8 Å². The zero-order valence-corrected chi connectivity index (χ0v) is 13.9. The molecule has 6 nitrogen and oxygen atoms in total. The number of pyridine rings is 1. The van der Waals surface area contributed by atoms with Gasteiger partial charge in [-0.25, -0.2) is 4.98 Å². The Kier molecular flexibility index (Phi) is 5.87. The molecule has 2 aromatic rings. The third-order valence-corrected chi connectivity index (χ3v) is 3.37. The molecular formula is C17H7ClF3N5O. The maximum Gasteiger partial charge on any atom is 0.421 e. The minimum Gasteiger partial charge on any atom is -0.437 e. The van der Waals surface area contributed by atoms with Crippen LogP contribution in [0.25, 0.3) is 0 Å². The monoisotopic (exact) mass is 389 g/mol. The lowest BCUT2D eigenvalue weighted by atomic mass is 10.2. The van der Waals surface area contributed by atoms with E-state index in [1.807, 2.05) is 0 Å². The van der Waals surface area contributed by atoms with Gasteiger partial charge < -0.3 is 10.1 Å². The molecule has 0 fully saturated rings. The van der Waals surface area contributed by atoms with E-state index >= 15 is 0 Å². The van der Waals surface area contributed by atoms with Gasteiger partial charge in [0.25, 0.3) is 0 Å². The quantitative estimate of drug-likeness (QED) is 0.754. The maximum atomic E-state index is 13.0. The summed E-state index contributed by atoms with van der Waals surface area (Å²) in [7, 11) is 0. The highest BCUT2D eigenvalue weighted by molar-refractivity contribution is 6.32. The van der Waals surface area contributed by atoms with Crippen LogP contribution in [0.4, 0.5) is 18.9 Å². The van der Waals surface area contributed by atoms with Gasteiger partial charge >= 0.3 is 6.18 Å². The second-order valence-electron chi connectivity index (χ2n) is 4.81. The van der Waals surface area contributed by atoms with Gasteiger partial charge in [-0.05, 0) is 30.3 Å². The summed E-state index contributed by atoms with van der Waals surface area (Å²) in [5, 5.41) is 29.0. The average molecular weight is 390 g/mol. The molecule has 0 atom stereocenters. The molecule has 0 radical (unpaired) electrons. The van der Waals surface area contributed by atoms with E-state index in [9.17, 15) is 13.2 Å². The van der Waals surface area contributed by atoms with Crippen molar-refractivity contribution in [2.45, 2.75) is 6.18 Å². The predicted octanol–water partition coefficient (Wildman–Crippen LogP) is 4.78. The van der Waals surface area contributed by atoms with Gasteiger partial charge in [-0.1, -0.05) is 11.6 Å². The molecule has 1 heterocycles. The molecule has 0 aliphatic rings. The lowest BCUT2D eigenvalue weighted by Crippen LogP contribution is -2.08. The topological polar surface area (TPSA) is 106 Å². The second-order valence-corrected chi connectivity index (χ2v) is 5.22. The molecule has 0 bridgehead atoms. The lowest BCUT2D eigenvalue weighted by Gasteiger charge is -2.13. The van der Waals surface area contributed by atoms with Crippen LogP contribution in [-0.4, -0.2) is 4.98 Å². The summed E-state index contributed by atoms with van der Waals surface area (Å²) in [6, 6.07) is 10.6. The van der Waals surface area contributed by atoms with Gasteiger partial charge in [-0.15, -0.1) is 0 Å². The number of halogens is 4. The minimum atomic E-state index is -4.66. The molecule has 27 heavy (non-hydrogen) atoms. The van der Waals surface area contributed by atoms with Crippen molar-refractivity contribution in [1.29, 1.82) is 15.8 Å². The number of ether oxygens (including phenoxy) is 1. The Balaban J connectivity index is 2.33. The van der Waals surface area contributed by atoms with Gasteiger partial charge in [0.15, 0.2) is 5.57 Å². The van der Waals surface area contributed by atoms with Crippen LogP contribution in [0.15, 0.2) is 47.8 Å². The Bertz CT molecular complexity index is 1010. The number of nitrogens with one attached hydrogen (secondary N) is 1. The smallest absolute Gasteiger partial charge is 0.421 e. The van der Waals surface area contributed by atoms with Crippen LogP contribution in [0, 0.1) is 34.0 Å². The largest absolute Gasteiger partial charge is 0.437 e. The maximum absolute atomic E-state index is 13.0. The van der Waals surface area contributed by atoms with Crippen LogP contribution in [-0.2, 0) is 6.18 Å². The average Bonchev–Trinajstić information content (AvgIpc) is 2.63. The molecule has 0 aliphatic carbocycles. The van der Waals surface area contributed by atoms with Crippen molar-refractivity contribution in [2.75, 3.05) is 5.32 Å². The Morgan fingerprint density at radius 1 is 1.11 bits per heavy atom. The summed E-state index contributed by atoms with van der Waals surface area (Å²) in [5.74, 6) is -0.767. The van der Waals surface area contributed by atoms with Crippen molar-refractivity contribution in [2.24, 2.45) is 0 Å². The first-order chi connectivity index (χ1) is 12.8. The predicted molar refractivity (Wildman–Crippen MR) is 88.3 cm³/mol. The van der Waals surface area contributed by atoms with Gasteiger partial charge in [0.1, 0.15) is 35.2 Å². The first kappa shape index (κ1) is 19.6. The number of hydrogen-bond donors (Lipinski definition) is 1. The zero-order chi connectivity index (χ0) is 20.0. The molecule has 0 aliphatic heterocycles. The first-order valence-corrected chi connectivity index (χ1v) is 7.39. The van der Waals surface area contributed by atoms with E-state index in [0.717, 1.165) is 18.3 Å². The van der Waals surface area contributed by atoms with E-state index in [0.29, 0.717) is 0 Å². The van der Waals surface area contributed by atoms with Gasteiger partial charge in [0, 0.05) is 11.9 Å². The molecule has 10 heteroatoms. The van der Waals surface area contributed by atoms with E-state index in [1.165, 1.54) is 18.2 Å². The number of aromatic nitrogens is 1. The van der Waals surface area contributed by atoms with E-state index in [4.69, 9.17) is 32.1 Å². The summed E-state index contributed by atoms with van der Waals surface area (Å²) in [6.07, 6.45) is -3.52. The van der Waals surface area contributed by atoms with Crippen LogP contribution >= 0.6 is 11.6 Å². The van der Waals surface area contributed by atoms with E-state index in [1.54, 1.807) is 18.2 Å². The van der Waals surface area contributed by atoms with Crippen molar-refractivity contribution in [3.63, 3.8) is 0 Å². The fraction of sp³-hybridized carbons (Fsp3) is 0.0588. The number of allylic oxidation sites excluding steroid dienone is 2. The minimum absolute atomic E-state index is 0.0773. The van der Waals surface area contributed by atoms with Crippen molar-refractivity contribution in [3.05, 3.63) is 58.4 Å². The molecule has 1 aromatic carbocycles. The number of benzene rings is 1. The van der Waals surface area contributed by atoms with Crippen LogP contribution in [0.2, 0.25) is 5.02 Å². The Morgan fingerprint density at radius 3 is 2.37 bits per heavy atom. The highest BCUT2D eigenvalue weighted by Gasteiger charge is 2.35. The molecule has 1 aromatic heterocycles. The summed E-state index contributed by atoms with van der Waals surface area (Å²) in [5.41, 5.74) is -1.57. The molecule has 1 N–H and O–H groups in total. The zero-order valence-electron chi connectivity index (χ0n) is 13.2. The van der Waals surface area contributed by atoms with Crippen molar-refractivity contribution in [1.82, 2.24) is 4.98 Å². The van der Waals surface area contributed by atoms with Crippen LogP contribution in [0.1, 0.15) is 5.56 Å². The number of nitrogens with zero attached hydrogens (tertiary/aromatic N) is 4. The van der Waals surface area contributed by atoms with Crippen molar-refractivity contribution < 1.29 is 17.9 Å². The first-order valence-electron chi connectivity index (χ1n) is 7.01. The van der Waals surface area contributed by atoms with Gasteiger partial charge in [-0.2, -0.15) is 29.0 Å². The molecule has 134 valence electrons. The van der Waals surface area contributed by atoms with Crippen LogP contribution in [0.3, 0.4) is 0 Å². The van der Waals surface area contributed by atoms with E-state index < -0.39 is 23.2 Å². The number of anilines is 1. The van der Waals surface area contributed by atoms with Gasteiger partial charge in [0.2, 0.25) is 5.88 Å². The highest BCUT2D eigenvalue weighted by Crippen LogP contribution is 2.38. The SMILES string of the molecule is N#CC(C#N)=C(C#N)Nc1ccc(Oc2ncccc2C(F)(F)F)c(Cl)c1. The molecule has 0 amide bonds. The summed E-state index contributed by atoms with van der Waals surface area (Å²) in [4.78, 5) is 3.57. The van der Waals surface area contributed by atoms with Gasteiger partial charge in [-0.3, -0.25) is 0 Å². The number of hydrogen-bond acceptors (Lipinski definition) is 6. The summed E-state index contributed by atoms with van der Waals surface area (Å²) < 4.78 is 44.1. The van der Waals surface area contributed by atoms with Gasteiger partial charge in [0.05, 0.1) is 5.02 Å². The molecule has 0 saturated heterocycles. The van der Waals surface area contributed by atoms with E-state index in [2.05, 4.69) is 10.3 Å². The fourth-order valence-corrected chi connectivity index (χ4v) is 2.10. The number of nitriles is 3. The molecule has 0 unspecified atom stereocenters. The fourth-order valence-electron chi connectivity index (χ4n) is 1.88. The third-order valence-electron chi connectivity index (χ3n) is 3.07. The molecule has 0 saturated carbocycles. The van der Waals surface area contributed by atoms with Crippen molar-refractivity contribution >= 4 is 17.3 Å². The van der Waals surface area contributed by atoms with E-state index in [-0.39, 0.29) is 22.2 Å². The normalized spacial score (nSPS) is 10.1. The Hall–Kier alpha value is -3.74. The summed E-state index contributed by atoms with van der Waals surface area (Å²) in [6.45, 7) is 0. The Morgan fingerprint density at radius 2 is 1.81 bits per heavy atom. The third kappa shape index (κ3) is 4.66. The lowest BCUT2D eigenvalue weighted by molar-refractivity contribution is -0.138. The van der Waals surface area contributed by atoms with Crippen LogP contribution < -0.4 is 10.1 Å². The standard InChI is InChI=1S/C17H7ClF3N5O/c18-13-6-11(26-14(9-24)10(7-22)8-23)3-4-15(13)27-16-12(17(19,20)21)2-1-5-25-16/h1-6,26H. The second kappa shape index (κ2) is 8.09. The molecule has 0 spiro atoms. The summed E-state index contributed by atoms with van der Waals surface area (Å²) >= 11 is 6.02. The Labute approximate surface area is 156 Å².